The molecule has 3 aromatic rings. The molecule has 1 amide bonds. The van der Waals surface area contributed by atoms with Crippen molar-refractivity contribution in [3.63, 3.8) is 0 Å². The molecule has 1 aliphatic carbocycles. The average molecular weight is 617 g/mol. The van der Waals surface area contributed by atoms with Crippen LogP contribution in [0, 0.1) is 6.92 Å². The van der Waals surface area contributed by atoms with Gasteiger partial charge in [0, 0.05) is 47.9 Å². The number of ether oxygens (including phenoxy) is 1. The number of piperazine rings is 1. The first-order valence-corrected chi connectivity index (χ1v) is 16.3. The molecule has 7 nitrogen and oxygen atoms in total. The van der Waals surface area contributed by atoms with Gasteiger partial charge < -0.3 is 15.0 Å². The summed E-state index contributed by atoms with van der Waals surface area (Å²) in [5, 5.41) is 5.67. The van der Waals surface area contributed by atoms with Crippen LogP contribution in [0.2, 0.25) is 0 Å². The fourth-order valence-electron chi connectivity index (χ4n) is 6.12. The lowest BCUT2D eigenvalue weighted by molar-refractivity contribution is 0.0696. The van der Waals surface area contributed by atoms with Gasteiger partial charge in [-0.2, -0.15) is 0 Å². The number of likely N-dealkylation sites (tertiary alicyclic amines) is 1. The van der Waals surface area contributed by atoms with Gasteiger partial charge >= 0.3 is 0 Å². The van der Waals surface area contributed by atoms with Gasteiger partial charge in [-0.15, -0.1) is 22.9 Å². The number of thiazole rings is 1. The first-order chi connectivity index (χ1) is 20.7. The Labute approximate surface area is 261 Å². The van der Waals surface area contributed by atoms with Gasteiger partial charge in [0.25, 0.3) is 11.5 Å². The van der Waals surface area contributed by atoms with Crippen LogP contribution in [0.15, 0.2) is 64.0 Å². The van der Waals surface area contributed by atoms with E-state index in [0.29, 0.717) is 71.5 Å². The van der Waals surface area contributed by atoms with E-state index >= 15 is 0 Å². The lowest BCUT2D eigenvalue weighted by Crippen LogP contribution is -2.53. The number of allylic oxidation sites excluding steroid dienone is 4. The Hall–Kier alpha value is -3.46. The highest BCUT2D eigenvalue weighted by Crippen LogP contribution is 2.34. The number of nitrogens with zero attached hydrogens (tertiary/aromatic N) is 3. The molecule has 2 unspecified atom stereocenters. The number of aryl methyl sites for hydroxylation is 1. The van der Waals surface area contributed by atoms with Crippen LogP contribution in [-0.4, -0.2) is 57.5 Å². The maximum absolute atomic E-state index is 14.5. The van der Waals surface area contributed by atoms with Gasteiger partial charge in [-0.1, -0.05) is 35.4 Å². The zero-order valence-electron chi connectivity index (χ0n) is 25.0. The molecule has 2 saturated heterocycles. The third kappa shape index (κ3) is 6.01. The van der Waals surface area contributed by atoms with Crippen molar-refractivity contribution in [1.82, 2.24) is 19.8 Å². The number of alkyl halides is 1. The van der Waals surface area contributed by atoms with Crippen LogP contribution in [0.4, 0.5) is 0 Å². The number of carbonyl (C=O) groups excluding carboxylic acids is 1. The van der Waals surface area contributed by atoms with Crippen LogP contribution in [0.1, 0.15) is 61.6 Å². The van der Waals surface area contributed by atoms with Crippen molar-refractivity contribution in [2.75, 3.05) is 19.7 Å². The fraction of sp³-hybridized carbons (Fsp3) is 0.382. The Morgan fingerprint density at radius 3 is 2.58 bits per heavy atom. The molecular formula is C34H37ClN4O3S. The molecule has 224 valence electrons. The second-order valence-electron chi connectivity index (χ2n) is 11.8. The van der Waals surface area contributed by atoms with E-state index in [9.17, 15) is 9.59 Å². The minimum absolute atomic E-state index is 0.0840. The molecular weight excluding hydrogens is 580 g/mol. The van der Waals surface area contributed by atoms with Gasteiger partial charge in [0.1, 0.15) is 10.8 Å². The van der Waals surface area contributed by atoms with E-state index in [1.807, 2.05) is 80.5 Å². The van der Waals surface area contributed by atoms with Crippen molar-refractivity contribution >= 4 is 40.6 Å². The lowest BCUT2D eigenvalue weighted by atomic mass is 10.0. The topological polar surface area (TPSA) is 76.5 Å². The number of benzene rings is 1. The van der Waals surface area contributed by atoms with Crippen molar-refractivity contribution in [2.24, 2.45) is 0 Å². The van der Waals surface area contributed by atoms with Crippen LogP contribution in [0.3, 0.4) is 0 Å². The van der Waals surface area contributed by atoms with Crippen LogP contribution < -0.4 is 10.9 Å². The minimum atomic E-state index is -0.473. The summed E-state index contributed by atoms with van der Waals surface area (Å²) in [6.07, 6.45) is 8.32. The molecule has 4 heterocycles. The van der Waals surface area contributed by atoms with E-state index < -0.39 is 5.38 Å². The molecule has 43 heavy (non-hydrogen) atoms. The van der Waals surface area contributed by atoms with Gasteiger partial charge in [0.2, 0.25) is 0 Å². The van der Waals surface area contributed by atoms with E-state index in [1.165, 1.54) is 16.9 Å². The maximum Gasteiger partial charge on any atom is 0.265 e. The van der Waals surface area contributed by atoms with Crippen molar-refractivity contribution in [2.45, 2.75) is 64.4 Å². The Bertz CT molecular complexity index is 1690. The highest BCUT2D eigenvalue weighted by atomic mass is 35.5. The summed E-state index contributed by atoms with van der Waals surface area (Å²) in [5.74, 6) is 0.580. The molecule has 2 aliphatic heterocycles. The number of carbonyl (C=O) groups is 1. The van der Waals surface area contributed by atoms with Crippen LogP contribution >= 0.6 is 22.9 Å². The average Bonchev–Trinajstić information content (AvgIpc) is 3.60. The van der Waals surface area contributed by atoms with Crippen LogP contribution in [-0.2, 0) is 4.74 Å². The normalized spacial score (nSPS) is 21.3. The highest BCUT2D eigenvalue weighted by Gasteiger charge is 2.36. The SMILES string of the molecule is CCOC1=CC[C@@H](Cl)C(n2c(C=C(C)C)c(C(=O)N3CC4CCC(C3)N4)cc(-c3nc(-c4ccc(C)cc4)cs3)c2=O)=C1. The molecule has 1 aromatic carbocycles. The van der Waals surface area contributed by atoms with Gasteiger partial charge in [-0.3, -0.25) is 14.2 Å². The van der Waals surface area contributed by atoms with Gasteiger partial charge in [-0.25, -0.2) is 4.98 Å². The number of rotatable bonds is 7. The summed E-state index contributed by atoms with van der Waals surface area (Å²) in [4.78, 5) is 35.8. The standard InChI is InChI=1S/C34H37ClN4O3S/c1-5-42-25-12-13-28(35)31(15-25)39-30(14-20(2)3)26(33(40)38-17-23-10-11-24(18-38)36-23)16-27(34(39)41)32-37-29(19-43-32)22-8-6-21(4)7-9-22/h6-9,12,14-16,19,23-24,28,36H,5,10-11,13,17-18H2,1-4H3/t23?,24?,28-/m1/s1. The fourth-order valence-corrected chi connectivity index (χ4v) is 7.21. The molecule has 3 atom stereocenters. The summed E-state index contributed by atoms with van der Waals surface area (Å²) in [7, 11) is 0. The number of amides is 1. The molecule has 6 rings (SSSR count). The zero-order valence-corrected chi connectivity index (χ0v) is 26.6. The number of pyridine rings is 1. The quantitative estimate of drug-likeness (QED) is 0.298. The number of aromatic nitrogens is 2. The number of nitrogens with one attached hydrogen (secondary N) is 1. The Morgan fingerprint density at radius 2 is 1.91 bits per heavy atom. The predicted molar refractivity (Wildman–Crippen MR) is 175 cm³/mol. The number of halogens is 1. The summed E-state index contributed by atoms with van der Waals surface area (Å²) in [6, 6.07) is 10.5. The molecule has 2 bridgehead atoms. The summed E-state index contributed by atoms with van der Waals surface area (Å²) >= 11 is 8.32. The number of hydrogen-bond donors (Lipinski definition) is 1. The largest absolute Gasteiger partial charge is 0.494 e. The molecule has 2 fully saturated rings. The Kier molecular flexibility index (Phi) is 8.45. The van der Waals surface area contributed by atoms with Crippen molar-refractivity contribution in [3.05, 3.63) is 86.4 Å². The lowest BCUT2D eigenvalue weighted by Gasteiger charge is -2.34. The molecule has 0 radical (unpaired) electrons. The summed E-state index contributed by atoms with van der Waals surface area (Å²) in [6.45, 7) is 9.69. The second-order valence-corrected chi connectivity index (χ2v) is 13.2. The molecule has 1 N–H and O–H groups in total. The van der Waals surface area contributed by atoms with E-state index in [0.717, 1.165) is 29.7 Å². The predicted octanol–water partition coefficient (Wildman–Crippen LogP) is 6.72. The Balaban J connectivity index is 1.56. The van der Waals surface area contributed by atoms with Crippen molar-refractivity contribution in [3.8, 4) is 21.8 Å². The van der Waals surface area contributed by atoms with Crippen molar-refractivity contribution in [1.29, 1.82) is 0 Å². The number of hydrogen-bond acceptors (Lipinski definition) is 6. The third-order valence-corrected chi connectivity index (χ3v) is 9.46. The Morgan fingerprint density at radius 1 is 1.19 bits per heavy atom. The van der Waals surface area contributed by atoms with Gasteiger partial charge in [0.05, 0.1) is 34.5 Å². The van der Waals surface area contributed by atoms with E-state index in [2.05, 4.69) is 5.32 Å². The van der Waals surface area contributed by atoms with E-state index in [4.69, 9.17) is 21.3 Å². The molecule has 9 heteroatoms. The molecule has 0 saturated carbocycles. The first-order valence-electron chi connectivity index (χ1n) is 14.9. The highest BCUT2D eigenvalue weighted by molar-refractivity contribution is 7.13. The summed E-state index contributed by atoms with van der Waals surface area (Å²) < 4.78 is 7.45. The molecule has 2 aromatic heterocycles. The first kappa shape index (κ1) is 29.6. The molecule has 3 aliphatic rings. The van der Waals surface area contributed by atoms with E-state index in [-0.39, 0.29) is 11.5 Å². The third-order valence-electron chi connectivity index (χ3n) is 8.19. The monoisotopic (exact) mass is 616 g/mol. The molecule has 0 spiro atoms. The zero-order chi connectivity index (χ0) is 30.2. The smallest absolute Gasteiger partial charge is 0.265 e. The van der Waals surface area contributed by atoms with Crippen molar-refractivity contribution < 1.29 is 9.53 Å². The maximum atomic E-state index is 14.5. The minimum Gasteiger partial charge on any atom is -0.494 e. The van der Waals surface area contributed by atoms with Gasteiger partial charge in [-0.05, 0) is 65.2 Å². The van der Waals surface area contributed by atoms with Crippen LogP contribution in [0.25, 0.3) is 33.6 Å². The van der Waals surface area contributed by atoms with Gasteiger partial charge in [0.15, 0.2) is 0 Å². The van der Waals surface area contributed by atoms with Crippen LogP contribution in [0.5, 0.6) is 0 Å². The summed E-state index contributed by atoms with van der Waals surface area (Å²) in [5.41, 5.74) is 5.63. The number of fused-ring (bicyclic) bond motifs is 2. The van der Waals surface area contributed by atoms with E-state index in [1.54, 1.807) is 10.6 Å². The second kappa shape index (κ2) is 12.3.